The second kappa shape index (κ2) is 21.8. The van der Waals surface area contributed by atoms with Crippen molar-refractivity contribution in [3.05, 3.63) is 130 Å². The maximum atomic E-state index is 13.9. The maximum absolute atomic E-state index is 13.9. The SMILES string of the molecule is CCCCn1cc(C2CCN(Cc3ccc(OC)c(C(=O)O)c3)CC2)c2ccccc21.CCOCCn1cc(C2CCN(Cc3ccc(OC)c(C(=O)O)c3)CC2)c2ccc(F)cc21. The molecule has 0 aliphatic carbocycles. The summed E-state index contributed by atoms with van der Waals surface area (Å²) < 4.78 is 34.3. The Bertz CT molecular complexity index is 2510. The molecule has 0 unspecified atom stereocenters. The Balaban J connectivity index is 0.000000192. The number of ether oxygens (including phenoxy) is 3. The molecule has 0 bridgehead atoms. The van der Waals surface area contributed by atoms with Crippen molar-refractivity contribution in [1.29, 1.82) is 0 Å². The third-order valence-electron chi connectivity index (χ3n) is 13.0. The van der Waals surface area contributed by atoms with Crippen LogP contribution in [0.5, 0.6) is 11.5 Å². The number of aryl methyl sites for hydroxylation is 1. The maximum Gasteiger partial charge on any atom is 0.339 e. The summed E-state index contributed by atoms with van der Waals surface area (Å²) in [4.78, 5) is 27.8. The van der Waals surface area contributed by atoms with Gasteiger partial charge in [-0.15, -0.1) is 0 Å². The molecule has 4 aromatic carbocycles. The van der Waals surface area contributed by atoms with E-state index in [-0.39, 0.29) is 16.9 Å². The van der Waals surface area contributed by atoms with Crippen LogP contribution >= 0.6 is 0 Å². The number of carbonyl (C=O) groups is 2. The summed E-state index contributed by atoms with van der Waals surface area (Å²) in [6.45, 7) is 12.6. The van der Waals surface area contributed by atoms with E-state index in [0.717, 1.165) is 87.0 Å². The molecule has 12 heteroatoms. The number of para-hydroxylation sites is 1. The molecule has 340 valence electrons. The Morgan fingerprint density at radius 1 is 0.656 bits per heavy atom. The summed E-state index contributed by atoms with van der Waals surface area (Å²) in [7, 11) is 2.99. The number of carboxylic acids is 2. The number of methoxy groups -OCH3 is 2. The van der Waals surface area contributed by atoms with Crippen LogP contribution in [-0.2, 0) is 30.9 Å². The molecular formula is C52H63FN4O7. The summed E-state index contributed by atoms with van der Waals surface area (Å²) in [5.41, 5.74) is 7.45. The van der Waals surface area contributed by atoms with Gasteiger partial charge in [-0.3, -0.25) is 9.80 Å². The van der Waals surface area contributed by atoms with Gasteiger partial charge in [-0.2, -0.15) is 0 Å². The molecule has 6 aromatic rings. The van der Waals surface area contributed by atoms with Crippen LogP contribution in [-0.4, -0.2) is 94.7 Å². The first-order chi connectivity index (χ1) is 31.1. The number of rotatable bonds is 17. The summed E-state index contributed by atoms with van der Waals surface area (Å²) >= 11 is 0. The van der Waals surface area contributed by atoms with Gasteiger partial charge in [-0.05, 0) is 148 Å². The summed E-state index contributed by atoms with van der Waals surface area (Å²) in [6.07, 6.45) is 11.2. The van der Waals surface area contributed by atoms with Gasteiger partial charge in [-0.25, -0.2) is 14.0 Å². The fourth-order valence-corrected chi connectivity index (χ4v) is 9.59. The number of hydrogen-bond donors (Lipinski definition) is 2. The zero-order chi connectivity index (χ0) is 45.2. The minimum Gasteiger partial charge on any atom is -0.496 e. The summed E-state index contributed by atoms with van der Waals surface area (Å²) in [6, 6.07) is 24.7. The number of aromatic nitrogens is 2. The van der Waals surface area contributed by atoms with Gasteiger partial charge in [0.05, 0.1) is 26.3 Å². The van der Waals surface area contributed by atoms with E-state index in [1.807, 2.05) is 25.1 Å². The minimum atomic E-state index is -0.982. The van der Waals surface area contributed by atoms with Crippen LogP contribution in [0.15, 0.2) is 91.3 Å². The van der Waals surface area contributed by atoms with Crippen molar-refractivity contribution in [2.75, 3.05) is 53.6 Å². The third-order valence-corrected chi connectivity index (χ3v) is 13.0. The monoisotopic (exact) mass is 874 g/mol. The van der Waals surface area contributed by atoms with Gasteiger partial charge in [0.25, 0.3) is 0 Å². The normalized spacial score (nSPS) is 15.3. The van der Waals surface area contributed by atoms with Crippen molar-refractivity contribution in [2.24, 2.45) is 0 Å². The van der Waals surface area contributed by atoms with Gasteiger partial charge in [0, 0.05) is 61.5 Å². The highest BCUT2D eigenvalue weighted by molar-refractivity contribution is 5.92. The quantitative estimate of drug-likeness (QED) is 0.0864. The molecule has 0 saturated carbocycles. The predicted molar refractivity (Wildman–Crippen MR) is 250 cm³/mol. The molecule has 0 radical (unpaired) electrons. The lowest BCUT2D eigenvalue weighted by atomic mass is 9.89. The number of unbranched alkanes of at least 4 members (excludes halogenated alkanes) is 1. The lowest BCUT2D eigenvalue weighted by Gasteiger charge is -2.32. The fraction of sp³-hybridized carbons (Fsp3) is 0.423. The molecule has 2 N–H and O–H groups in total. The van der Waals surface area contributed by atoms with Crippen LogP contribution in [0.2, 0.25) is 0 Å². The minimum absolute atomic E-state index is 0.192. The van der Waals surface area contributed by atoms with Crippen LogP contribution in [0.1, 0.15) is 107 Å². The zero-order valence-electron chi connectivity index (χ0n) is 37.7. The second-order valence-corrected chi connectivity index (χ2v) is 17.1. The second-order valence-electron chi connectivity index (χ2n) is 17.1. The molecule has 0 amide bonds. The van der Waals surface area contributed by atoms with Crippen molar-refractivity contribution in [3.8, 4) is 11.5 Å². The number of fused-ring (bicyclic) bond motifs is 2. The smallest absolute Gasteiger partial charge is 0.339 e. The van der Waals surface area contributed by atoms with Gasteiger partial charge >= 0.3 is 11.9 Å². The molecule has 64 heavy (non-hydrogen) atoms. The first-order valence-corrected chi connectivity index (χ1v) is 22.8. The van der Waals surface area contributed by atoms with Crippen molar-refractivity contribution in [3.63, 3.8) is 0 Å². The molecule has 2 aromatic heterocycles. The van der Waals surface area contributed by atoms with Gasteiger partial charge < -0.3 is 33.6 Å². The van der Waals surface area contributed by atoms with E-state index in [4.69, 9.17) is 14.2 Å². The van der Waals surface area contributed by atoms with Gasteiger partial charge in [0.15, 0.2) is 0 Å². The topological polar surface area (TPSA) is 119 Å². The van der Waals surface area contributed by atoms with E-state index in [1.165, 1.54) is 55.2 Å². The first kappa shape index (κ1) is 46.3. The van der Waals surface area contributed by atoms with E-state index in [1.54, 1.807) is 30.3 Å². The lowest BCUT2D eigenvalue weighted by molar-refractivity contribution is 0.0682. The van der Waals surface area contributed by atoms with Crippen molar-refractivity contribution >= 4 is 33.7 Å². The van der Waals surface area contributed by atoms with Crippen LogP contribution in [0.4, 0.5) is 4.39 Å². The fourth-order valence-electron chi connectivity index (χ4n) is 9.59. The van der Waals surface area contributed by atoms with E-state index >= 15 is 0 Å². The number of nitrogens with zero attached hydrogens (tertiary/aromatic N) is 4. The lowest BCUT2D eigenvalue weighted by Crippen LogP contribution is -2.32. The third kappa shape index (κ3) is 11.0. The van der Waals surface area contributed by atoms with E-state index in [2.05, 4.69) is 62.5 Å². The van der Waals surface area contributed by atoms with Gasteiger partial charge in [0.1, 0.15) is 28.4 Å². The number of hydrogen-bond acceptors (Lipinski definition) is 7. The number of aromatic carboxylic acids is 2. The molecule has 0 atom stereocenters. The summed E-state index contributed by atoms with van der Waals surface area (Å²) in [5, 5.41) is 21.4. The number of benzene rings is 4. The molecule has 11 nitrogen and oxygen atoms in total. The average Bonchev–Trinajstić information content (AvgIpc) is 3.87. The molecular weight excluding hydrogens is 812 g/mol. The van der Waals surface area contributed by atoms with Gasteiger partial charge in [0.2, 0.25) is 0 Å². The van der Waals surface area contributed by atoms with E-state index < -0.39 is 11.9 Å². The summed E-state index contributed by atoms with van der Waals surface area (Å²) in [5.74, 6) is -0.375. The zero-order valence-corrected chi connectivity index (χ0v) is 37.7. The highest BCUT2D eigenvalue weighted by Gasteiger charge is 2.26. The van der Waals surface area contributed by atoms with Crippen LogP contribution in [0.3, 0.4) is 0 Å². The number of likely N-dealkylation sites (tertiary alicyclic amines) is 2. The highest BCUT2D eigenvalue weighted by Crippen LogP contribution is 2.37. The standard InChI is InChI=1S/C26H31FN2O4.C26H32N2O3/c1-3-33-13-12-29-17-23(21-6-5-20(27)15-24(21)29)19-8-10-28(11-9-19)16-18-4-7-25(32-2)22(14-18)26(30)31;1-3-4-13-28-18-23(21-7-5-6-8-24(21)28)20-11-14-27(15-12-20)17-19-9-10-25(31-2)22(16-19)26(29)30/h4-7,14-15,17,19H,3,8-13,16H2,1-2H3,(H,30,31);5-10,16,18,20H,3-4,11-15,17H2,1-2H3,(H,29,30). The number of piperidine rings is 2. The molecule has 2 aliphatic rings. The van der Waals surface area contributed by atoms with Gasteiger partial charge in [-0.1, -0.05) is 43.7 Å². The molecule has 2 aliphatic heterocycles. The number of carboxylic acid groups (broad SMARTS) is 2. The Morgan fingerprint density at radius 2 is 1.17 bits per heavy atom. The number of halogens is 1. The van der Waals surface area contributed by atoms with Crippen molar-refractivity contribution in [1.82, 2.24) is 18.9 Å². The van der Waals surface area contributed by atoms with Crippen LogP contribution in [0.25, 0.3) is 21.8 Å². The van der Waals surface area contributed by atoms with Crippen molar-refractivity contribution < 1.29 is 38.4 Å². The molecule has 4 heterocycles. The largest absolute Gasteiger partial charge is 0.496 e. The van der Waals surface area contributed by atoms with Crippen molar-refractivity contribution in [2.45, 2.75) is 90.4 Å². The molecule has 8 rings (SSSR count). The molecule has 2 fully saturated rings. The molecule has 0 spiro atoms. The van der Waals surface area contributed by atoms with E-state index in [9.17, 15) is 24.2 Å². The highest BCUT2D eigenvalue weighted by atomic mass is 19.1. The first-order valence-electron chi connectivity index (χ1n) is 22.8. The Kier molecular flexibility index (Phi) is 15.8. The predicted octanol–water partition coefficient (Wildman–Crippen LogP) is 10.4. The van der Waals surface area contributed by atoms with Crippen LogP contribution < -0.4 is 9.47 Å². The Hall–Kier alpha value is -5.69. The van der Waals surface area contributed by atoms with Crippen LogP contribution in [0, 0.1) is 5.82 Å². The molecule has 2 saturated heterocycles. The van der Waals surface area contributed by atoms with E-state index in [0.29, 0.717) is 49.6 Å². The Labute approximate surface area is 375 Å². The Morgan fingerprint density at radius 3 is 1.67 bits per heavy atom. The average molecular weight is 875 g/mol.